The van der Waals surface area contributed by atoms with Crippen LogP contribution in [-0.2, 0) is 27.9 Å². The first-order valence-electron chi connectivity index (χ1n) is 6.56. The van der Waals surface area contributed by atoms with Crippen molar-refractivity contribution < 1.29 is 27.9 Å². The van der Waals surface area contributed by atoms with Crippen molar-refractivity contribution in [2.45, 2.75) is 52.1 Å². The van der Waals surface area contributed by atoms with Gasteiger partial charge in [-0.05, 0) is 33.6 Å². The van der Waals surface area contributed by atoms with E-state index in [9.17, 15) is 14.2 Å². The van der Waals surface area contributed by atoms with E-state index in [1.54, 1.807) is 0 Å². The van der Waals surface area contributed by atoms with E-state index in [-0.39, 0.29) is 30.8 Å². The minimum Gasteiger partial charge on any atom is -0.460 e. The lowest BCUT2D eigenvalue weighted by atomic mass is 10.1. The van der Waals surface area contributed by atoms with Gasteiger partial charge in [-0.2, -0.15) is 0 Å². The highest BCUT2D eigenvalue weighted by atomic mass is 31.2. The normalized spacial score (nSPS) is 12.2. The number of carbonyl (C=O) groups excluding carboxylic acids is 2. The lowest BCUT2D eigenvalue weighted by Crippen LogP contribution is -2.23. The maximum atomic E-state index is 11.7. The molecule has 0 fully saturated rings. The van der Waals surface area contributed by atoms with Gasteiger partial charge >= 0.3 is 13.6 Å². The van der Waals surface area contributed by atoms with Crippen molar-refractivity contribution in [3.05, 3.63) is 0 Å². The molecule has 118 valence electrons. The number of carbonyl (C=O) groups is 2. The fourth-order valence-corrected chi connectivity index (χ4v) is 2.48. The molecule has 0 rings (SSSR count). The van der Waals surface area contributed by atoms with Crippen LogP contribution in [0.5, 0.6) is 0 Å². The molecule has 0 N–H and O–H groups in total. The number of hydrogen-bond donors (Lipinski definition) is 0. The maximum absolute atomic E-state index is 11.7. The summed E-state index contributed by atoms with van der Waals surface area (Å²) in [5.41, 5.74) is -0.490. The van der Waals surface area contributed by atoms with E-state index in [2.05, 4.69) is 0 Å². The lowest BCUT2D eigenvalue weighted by molar-refractivity contribution is -0.155. The van der Waals surface area contributed by atoms with Gasteiger partial charge in [-0.3, -0.25) is 14.2 Å². The summed E-state index contributed by atoms with van der Waals surface area (Å²) in [5.74, 6) is -0.467. The van der Waals surface area contributed by atoms with Crippen molar-refractivity contribution in [3.8, 4) is 0 Å². The Balaban J connectivity index is 3.89. The van der Waals surface area contributed by atoms with Crippen LogP contribution in [0.3, 0.4) is 0 Å². The first-order chi connectivity index (χ1) is 9.12. The highest BCUT2D eigenvalue weighted by Crippen LogP contribution is 2.46. The molecular formula is C13H25O6P. The van der Waals surface area contributed by atoms with Crippen molar-refractivity contribution in [2.24, 2.45) is 0 Å². The molecule has 0 heterocycles. The van der Waals surface area contributed by atoms with Gasteiger partial charge in [0.2, 0.25) is 0 Å². The van der Waals surface area contributed by atoms with E-state index in [4.69, 9.17) is 13.8 Å². The minimum atomic E-state index is -3.27. The molecule has 0 aliphatic carbocycles. The molecule has 0 aliphatic heterocycles. The molecule has 0 saturated heterocycles. The van der Waals surface area contributed by atoms with Gasteiger partial charge in [0.05, 0.1) is 0 Å². The Morgan fingerprint density at radius 1 is 1.00 bits per heavy atom. The fourth-order valence-electron chi connectivity index (χ4n) is 1.48. The van der Waals surface area contributed by atoms with E-state index in [0.29, 0.717) is 12.8 Å². The van der Waals surface area contributed by atoms with Crippen molar-refractivity contribution in [3.63, 3.8) is 0 Å². The molecule has 0 radical (unpaired) electrons. The summed E-state index contributed by atoms with van der Waals surface area (Å²) in [4.78, 5) is 23.0. The van der Waals surface area contributed by atoms with Crippen molar-refractivity contribution in [2.75, 3.05) is 20.4 Å². The minimum absolute atomic E-state index is 0.193. The van der Waals surface area contributed by atoms with E-state index >= 15 is 0 Å². The van der Waals surface area contributed by atoms with Crippen LogP contribution in [0.1, 0.15) is 46.5 Å². The van der Waals surface area contributed by atoms with Crippen molar-refractivity contribution in [1.82, 2.24) is 0 Å². The molecule has 0 spiro atoms. The Bertz CT molecular complexity index is 364. The average molecular weight is 308 g/mol. The van der Waals surface area contributed by atoms with Gasteiger partial charge in [0.15, 0.2) is 0 Å². The number of esters is 1. The number of Topliss-reactive ketones (excluding diaryl/α,β-unsaturated/α-hetero) is 1. The second-order valence-electron chi connectivity index (χ2n) is 5.47. The second kappa shape index (κ2) is 8.55. The molecule has 0 saturated carbocycles. The summed E-state index contributed by atoms with van der Waals surface area (Å²) in [6.07, 6.45) is 1.40. The Hall–Kier alpha value is -0.710. The first kappa shape index (κ1) is 19.3. The molecule has 0 atom stereocenters. The molecule has 0 aromatic rings. The number of ether oxygens (including phenoxy) is 1. The second-order valence-corrected chi connectivity index (χ2v) is 7.73. The molecule has 0 bridgehead atoms. The summed E-state index contributed by atoms with van der Waals surface area (Å²) >= 11 is 0. The predicted molar refractivity (Wildman–Crippen MR) is 75.8 cm³/mol. The SMILES string of the molecule is COP(=O)(CC(=O)CCCCC(=O)OC(C)(C)C)OC. The zero-order valence-corrected chi connectivity index (χ0v) is 13.8. The van der Waals surface area contributed by atoms with E-state index < -0.39 is 13.2 Å². The summed E-state index contributed by atoms with van der Waals surface area (Å²) in [5, 5.41) is 0. The van der Waals surface area contributed by atoms with E-state index in [1.165, 1.54) is 14.2 Å². The average Bonchev–Trinajstić information content (AvgIpc) is 2.32. The Labute approximate surface area is 120 Å². The Morgan fingerprint density at radius 2 is 1.50 bits per heavy atom. The topological polar surface area (TPSA) is 78.9 Å². The molecule has 6 nitrogen and oxygen atoms in total. The lowest BCUT2D eigenvalue weighted by Gasteiger charge is -2.19. The summed E-state index contributed by atoms with van der Waals surface area (Å²) in [7, 11) is -0.774. The Morgan fingerprint density at radius 3 is 1.95 bits per heavy atom. The standard InChI is InChI=1S/C13H25O6P/c1-13(2,3)19-12(15)9-7-6-8-11(14)10-20(16,17-4)18-5/h6-10H2,1-5H3. The van der Waals surface area contributed by atoms with Gasteiger partial charge in [0, 0.05) is 27.1 Å². The molecule has 0 aromatic heterocycles. The van der Waals surface area contributed by atoms with Crippen LogP contribution in [0.15, 0.2) is 0 Å². The fraction of sp³-hybridized carbons (Fsp3) is 0.846. The first-order valence-corrected chi connectivity index (χ1v) is 8.29. The van der Waals surface area contributed by atoms with Crippen LogP contribution in [-0.4, -0.2) is 37.7 Å². The number of ketones is 1. The summed E-state index contributed by atoms with van der Waals surface area (Å²) < 4.78 is 26.3. The molecule has 0 aliphatic rings. The quantitative estimate of drug-likeness (QED) is 0.370. The van der Waals surface area contributed by atoms with Gasteiger partial charge in [0.1, 0.15) is 17.5 Å². The summed E-state index contributed by atoms with van der Waals surface area (Å²) in [6, 6.07) is 0. The van der Waals surface area contributed by atoms with Gasteiger partial charge in [-0.25, -0.2) is 0 Å². The summed E-state index contributed by atoms with van der Waals surface area (Å²) in [6.45, 7) is 5.42. The Kier molecular flexibility index (Phi) is 8.25. The third kappa shape index (κ3) is 9.23. The largest absolute Gasteiger partial charge is 0.460 e. The zero-order valence-electron chi connectivity index (χ0n) is 12.9. The van der Waals surface area contributed by atoms with Crippen LogP contribution >= 0.6 is 7.60 Å². The highest BCUT2D eigenvalue weighted by molar-refractivity contribution is 7.54. The predicted octanol–water partition coefficient (Wildman–Crippen LogP) is 2.94. The molecule has 20 heavy (non-hydrogen) atoms. The number of rotatable bonds is 9. The molecular weight excluding hydrogens is 283 g/mol. The zero-order chi connectivity index (χ0) is 15.8. The maximum Gasteiger partial charge on any atom is 0.337 e. The van der Waals surface area contributed by atoms with Gasteiger partial charge in [-0.15, -0.1) is 0 Å². The van der Waals surface area contributed by atoms with E-state index in [1.807, 2.05) is 20.8 Å². The third-order valence-electron chi connectivity index (χ3n) is 2.43. The monoisotopic (exact) mass is 308 g/mol. The molecule has 0 amide bonds. The van der Waals surface area contributed by atoms with Crippen LogP contribution in [0.2, 0.25) is 0 Å². The molecule has 0 unspecified atom stereocenters. The van der Waals surface area contributed by atoms with Crippen molar-refractivity contribution in [1.29, 1.82) is 0 Å². The third-order valence-corrected chi connectivity index (χ3v) is 4.29. The number of unbranched alkanes of at least 4 members (excludes halogenated alkanes) is 1. The smallest absolute Gasteiger partial charge is 0.337 e. The van der Waals surface area contributed by atoms with Crippen LogP contribution in [0.25, 0.3) is 0 Å². The van der Waals surface area contributed by atoms with Gasteiger partial charge in [0.25, 0.3) is 0 Å². The van der Waals surface area contributed by atoms with Crippen LogP contribution in [0.4, 0.5) is 0 Å². The molecule has 0 aromatic carbocycles. The van der Waals surface area contributed by atoms with Crippen LogP contribution < -0.4 is 0 Å². The van der Waals surface area contributed by atoms with Gasteiger partial charge in [-0.1, -0.05) is 0 Å². The highest BCUT2D eigenvalue weighted by Gasteiger charge is 2.25. The van der Waals surface area contributed by atoms with Crippen LogP contribution in [0, 0.1) is 0 Å². The van der Waals surface area contributed by atoms with Gasteiger partial charge < -0.3 is 13.8 Å². The molecule has 7 heteroatoms. The van der Waals surface area contributed by atoms with Crippen molar-refractivity contribution >= 4 is 19.3 Å². The number of hydrogen-bond acceptors (Lipinski definition) is 6. The van der Waals surface area contributed by atoms with E-state index in [0.717, 1.165) is 0 Å².